The molecule has 1 heterocycles. The van der Waals surface area contributed by atoms with Gasteiger partial charge in [-0.2, -0.15) is 0 Å². The van der Waals surface area contributed by atoms with Gasteiger partial charge in [-0.15, -0.1) is 0 Å². The summed E-state index contributed by atoms with van der Waals surface area (Å²) in [4.78, 5) is 30.7. The average Bonchev–Trinajstić information content (AvgIpc) is 3.45. The molecule has 51 heavy (non-hydrogen) atoms. The number of aryl methyl sites for hydroxylation is 1. The highest BCUT2D eigenvalue weighted by molar-refractivity contribution is 6.42. The zero-order chi connectivity index (χ0) is 36.6. The topological polar surface area (TPSA) is 83.0 Å². The van der Waals surface area contributed by atoms with Crippen molar-refractivity contribution < 1.29 is 14.3 Å². The monoisotopic (exact) mass is 774 g/mol. The Balaban J connectivity index is 1.24. The summed E-state index contributed by atoms with van der Waals surface area (Å²) in [6, 6.07) is 16.0. The van der Waals surface area contributed by atoms with Crippen LogP contribution in [0.5, 0.6) is 5.75 Å². The maximum Gasteiger partial charge on any atom is 0.265 e. The summed E-state index contributed by atoms with van der Waals surface area (Å²) in [5.41, 5.74) is 5.30. The van der Waals surface area contributed by atoms with Crippen LogP contribution in [0.2, 0.25) is 20.1 Å². The maximum absolute atomic E-state index is 13.3. The van der Waals surface area contributed by atoms with Gasteiger partial charge in [0.2, 0.25) is 0 Å². The third kappa shape index (κ3) is 13.2. The first-order valence-corrected chi connectivity index (χ1v) is 19.9. The zero-order valence-corrected chi connectivity index (χ0v) is 32.7. The Kier molecular flexibility index (Phi) is 17.2. The molecule has 4 rings (SSSR count). The fourth-order valence-electron chi connectivity index (χ4n) is 6.10. The molecule has 1 fully saturated rings. The van der Waals surface area contributed by atoms with Gasteiger partial charge in [-0.1, -0.05) is 149 Å². The number of anilines is 2. The van der Waals surface area contributed by atoms with Crippen LogP contribution >= 0.6 is 46.4 Å². The fraction of sp³-hybridized carbons (Fsp3) is 0.475. The summed E-state index contributed by atoms with van der Waals surface area (Å²) in [7, 11) is 0. The van der Waals surface area contributed by atoms with Gasteiger partial charge in [-0.25, -0.2) is 10.0 Å². The molecule has 1 aliphatic rings. The number of amides is 2. The predicted octanol–water partition coefficient (Wildman–Crippen LogP) is 12.7. The van der Waals surface area contributed by atoms with Crippen molar-refractivity contribution in [2.45, 2.75) is 123 Å². The van der Waals surface area contributed by atoms with Crippen molar-refractivity contribution in [2.75, 3.05) is 10.3 Å². The largest absolute Gasteiger partial charge is 0.481 e. The summed E-state index contributed by atoms with van der Waals surface area (Å²) >= 11 is 25.1. The van der Waals surface area contributed by atoms with E-state index in [4.69, 9.17) is 51.1 Å². The van der Waals surface area contributed by atoms with Gasteiger partial charge in [0.1, 0.15) is 17.3 Å². The molecule has 1 aliphatic heterocycles. The van der Waals surface area contributed by atoms with Gasteiger partial charge in [-0.05, 0) is 67.3 Å². The van der Waals surface area contributed by atoms with Crippen molar-refractivity contribution >= 4 is 81.1 Å². The van der Waals surface area contributed by atoms with E-state index in [0.29, 0.717) is 39.4 Å². The maximum atomic E-state index is 13.3. The first kappa shape index (κ1) is 40.8. The highest BCUT2D eigenvalue weighted by Gasteiger charge is 2.30. The van der Waals surface area contributed by atoms with E-state index < -0.39 is 6.10 Å². The van der Waals surface area contributed by atoms with Crippen molar-refractivity contribution in [1.29, 1.82) is 0 Å². The number of hydrazine groups is 1. The SMILES string of the molecule is CCCCCCCCCCCCCCCc1cccc(OC(CC)C(=O)Nc2ccc(Cl)c(N=C3CC(=O)N(c4c(Cl)cc(Cl)cc4Cl)N3)c2)c1. The lowest BCUT2D eigenvalue weighted by Gasteiger charge is -2.19. The Hall–Kier alpha value is -2.97. The Bertz CT molecular complexity index is 1610. The zero-order valence-electron chi connectivity index (χ0n) is 29.7. The second kappa shape index (κ2) is 21.5. The molecule has 1 saturated heterocycles. The quantitative estimate of drug-likeness (QED) is 0.106. The molecule has 0 aliphatic carbocycles. The first-order chi connectivity index (χ1) is 24.7. The first-order valence-electron chi connectivity index (χ1n) is 18.4. The molecule has 0 spiro atoms. The molecule has 0 radical (unpaired) electrons. The number of hydrogen-bond acceptors (Lipinski definition) is 4. The normalized spacial score (nSPS) is 14.2. The van der Waals surface area contributed by atoms with Gasteiger partial charge >= 0.3 is 0 Å². The van der Waals surface area contributed by atoms with Crippen molar-refractivity contribution in [3.05, 3.63) is 80.3 Å². The van der Waals surface area contributed by atoms with Crippen molar-refractivity contribution in [1.82, 2.24) is 5.43 Å². The van der Waals surface area contributed by atoms with E-state index in [1.54, 1.807) is 18.2 Å². The van der Waals surface area contributed by atoms with Crippen LogP contribution in [-0.2, 0) is 16.0 Å². The Labute approximate surface area is 323 Å². The molecular formula is C40H50Cl4N4O3. The van der Waals surface area contributed by atoms with Gasteiger partial charge in [-0.3, -0.25) is 15.0 Å². The van der Waals surface area contributed by atoms with Gasteiger partial charge in [0.25, 0.3) is 11.8 Å². The second-order valence-electron chi connectivity index (χ2n) is 13.1. The van der Waals surface area contributed by atoms with E-state index in [9.17, 15) is 9.59 Å². The van der Waals surface area contributed by atoms with Crippen LogP contribution in [0.4, 0.5) is 17.1 Å². The molecule has 0 aromatic heterocycles. The molecule has 11 heteroatoms. The molecule has 0 saturated carbocycles. The Morgan fingerprint density at radius 3 is 2.08 bits per heavy atom. The number of halogens is 4. The number of ether oxygens (including phenoxy) is 1. The third-order valence-corrected chi connectivity index (χ3v) is 10.0. The van der Waals surface area contributed by atoms with Gasteiger partial charge in [0, 0.05) is 10.7 Å². The van der Waals surface area contributed by atoms with Crippen LogP contribution in [-0.4, -0.2) is 23.8 Å². The van der Waals surface area contributed by atoms with Crippen LogP contribution in [0.1, 0.15) is 116 Å². The minimum Gasteiger partial charge on any atom is -0.481 e. The third-order valence-electron chi connectivity index (χ3n) is 8.89. The minimum absolute atomic E-state index is 0.0353. The number of nitrogens with one attached hydrogen (secondary N) is 2. The molecule has 7 nitrogen and oxygen atoms in total. The Morgan fingerprint density at radius 1 is 0.824 bits per heavy atom. The van der Waals surface area contributed by atoms with Gasteiger partial charge < -0.3 is 10.1 Å². The summed E-state index contributed by atoms with van der Waals surface area (Å²) in [6.07, 6.45) is 18.1. The number of nitrogens with zero attached hydrogens (tertiary/aromatic N) is 2. The van der Waals surface area contributed by atoms with Gasteiger partial charge in [0.15, 0.2) is 6.10 Å². The number of aliphatic imine (C=N–C) groups is 1. The summed E-state index contributed by atoms with van der Waals surface area (Å²) in [5.74, 6) is 0.417. The van der Waals surface area contributed by atoms with E-state index in [1.165, 1.54) is 99.8 Å². The van der Waals surface area contributed by atoms with Crippen LogP contribution in [0.25, 0.3) is 0 Å². The van der Waals surface area contributed by atoms with E-state index in [-0.39, 0.29) is 34.0 Å². The van der Waals surface area contributed by atoms with Crippen molar-refractivity contribution in [3.8, 4) is 5.75 Å². The van der Waals surface area contributed by atoms with Crippen LogP contribution in [0.3, 0.4) is 0 Å². The summed E-state index contributed by atoms with van der Waals surface area (Å²) in [6.45, 7) is 4.18. The number of carbonyl (C=O) groups is 2. The molecule has 1 unspecified atom stereocenters. The number of hydrogen-bond donors (Lipinski definition) is 2. The minimum atomic E-state index is -0.696. The van der Waals surface area contributed by atoms with Gasteiger partial charge in [0.05, 0.1) is 27.2 Å². The predicted molar refractivity (Wildman–Crippen MR) is 214 cm³/mol. The molecule has 1 atom stereocenters. The molecule has 2 amide bonds. The molecule has 3 aromatic rings. The van der Waals surface area contributed by atoms with Crippen molar-refractivity contribution in [3.63, 3.8) is 0 Å². The average molecular weight is 777 g/mol. The van der Waals surface area contributed by atoms with E-state index in [0.717, 1.165) is 12.8 Å². The van der Waals surface area contributed by atoms with Crippen LogP contribution in [0.15, 0.2) is 59.6 Å². The fourth-order valence-corrected chi connectivity index (χ4v) is 7.24. The number of rotatable bonds is 21. The molecule has 2 N–H and O–H groups in total. The lowest BCUT2D eigenvalue weighted by atomic mass is 10.0. The number of unbranched alkanes of at least 4 members (excludes halogenated alkanes) is 12. The van der Waals surface area contributed by atoms with Crippen LogP contribution in [0, 0.1) is 0 Å². The van der Waals surface area contributed by atoms with Crippen molar-refractivity contribution in [2.24, 2.45) is 4.99 Å². The van der Waals surface area contributed by atoms with E-state index in [1.807, 2.05) is 25.1 Å². The Morgan fingerprint density at radius 2 is 1.45 bits per heavy atom. The number of amidine groups is 1. The van der Waals surface area contributed by atoms with Crippen LogP contribution < -0.4 is 20.5 Å². The summed E-state index contributed by atoms with van der Waals surface area (Å²) < 4.78 is 6.16. The van der Waals surface area contributed by atoms with E-state index in [2.05, 4.69) is 28.7 Å². The number of benzene rings is 3. The molecule has 276 valence electrons. The molecular weight excluding hydrogens is 726 g/mol. The lowest BCUT2D eigenvalue weighted by Crippen LogP contribution is -2.36. The second-order valence-corrected chi connectivity index (χ2v) is 14.8. The molecule has 0 bridgehead atoms. The summed E-state index contributed by atoms with van der Waals surface area (Å²) in [5, 5.41) is 5.29. The smallest absolute Gasteiger partial charge is 0.265 e. The molecule has 3 aromatic carbocycles. The van der Waals surface area contributed by atoms with E-state index >= 15 is 0 Å². The number of carbonyl (C=O) groups excluding carboxylic acids is 2. The lowest BCUT2D eigenvalue weighted by molar-refractivity contribution is -0.122. The highest BCUT2D eigenvalue weighted by Crippen LogP contribution is 2.38. The highest BCUT2D eigenvalue weighted by atomic mass is 35.5. The standard InChI is InChI=1S/C40H50Cl4N4O3/c1-3-5-6-7-8-9-10-11-12-13-14-15-16-18-28-19-17-20-31(23-28)51-36(4-2)40(50)45-30-21-22-32(42)35(26-30)46-37-27-38(49)48(47-37)39-33(43)24-29(41)25-34(39)44/h17,19-26,36H,3-16,18,27H2,1-2H3,(H,45,50)(H,46,47).